The van der Waals surface area contributed by atoms with E-state index in [0.717, 1.165) is 22.4 Å². The number of esters is 1. The molecule has 0 radical (unpaired) electrons. The van der Waals surface area contributed by atoms with E-state index in [4.69, 9.17) is 14.0 Å². The number of hydrogen-bond acceptors (Lipinski definition) is 6. The number of carbonyl (C=O) groups is 2. The SMILES string of the molecule is CCOC(=O)CC1Oc2ccc(-c3c(C)noc3C)cc2N(Cc2ccccc2C2CC2)C1=O. The molecule has 2 aliphatic rings. The molecular weight excluding hydrogens is 432 g/mol. The van der Waals surface area contributed by atoms with Crippen LogP contribution in [0.15, 0.2) is 47.0 Å². The number of rotatable bonds is 7. The summed E-state index contributed by atoms with van der Waals surface area (Å²) >= 11 is 0. The van der Waals surface area contributed by atoms with Crippen LogP contribution in [-0.2, 0) is 20.9 Å². The van der Waals surface area contributed by atoms with Gasteiger partial charge in [0.25, 0.3) is 5.91 Å². The van der Waals surface area contributed by atoms with Crippen LogP contribution in [-0.4, -0.2) is 29.7 Å². The summed E-state index contributed by atoms with van der Waals surface area (Å²) in [5.74, 6) is 1.13. The van der Waals surface area contributed by atoms with E-state index in [9.17, 15) is 9.59 Å². The van der Waals surface area contributed by atoms with Gasteiger partial charge in [0.1, 0.15) is 11.5 Å². The first kappa shape index (κ1) is 22.2. The van der Waals surface area contributed by atoms with E-state index in [1.165, 1.54) is 18.4 Å². The Hall–Kier alpha value is -3.61. The first-order valence-electron chi connectivity index (χ1n) is 11.7. The van der Waals surface area contributed by atoms with Gasteiger partial charge in [-0.3, -0.25) is 9.59 Å². The Bertz CT molecular complexity index is 1220. The number of fused-ring (bicyclic) bond motifs is 1. The summed E-state index contributed by atoms with van der Waals surface area (Å²) in [6.45, 7) is 6.18. The van der Waals surface area contributed by atoms with Gasteiger partial charge < -0.3 is 18.9 Å². The van der Waals surface area contributed by atoms with Crippen LogP contribution in [0.1, 0.15) is 54.7 Å². The van der Waals surface area contributed by atoms with Crippen LogP contribution in [0.4, 0.5) is 5.69 Å². The van der Waals surface area contributed by atoms with E-state index in [-0.39, 0.29) is 18.9 Å². The zero-order valence-corrected chi connectivity index (χ0v) is 19.7. The molecule has 1 amide bonds. The second-order valence-electron chi connectivity index (χ2n) is 8.89. The molecular formula is C27H28N2O5. The van der Waals surface area contributed by atoms with Gasteiger partial charge in [0.05, 0.1) is 31.0 Å². The Kier molecular flexibility index (Phi) is 5.86. The van der Waals surface area contributed by atoms with E-state index in [1.807, 2.05) is 44.2 Å². The van der Waals surface area contributed by atoms with Crippen molar-refractivity contribution < 1.29 is 23.6 Å². The quantitative estimate of drug-likeness (QED) is 0.457. The fourth-order valence-corrected chi connectivity index (χ4v) is 4.68. The summed E-state index contributed by atoms with van der Waals surface area (Å²) in [4.78, 5) is 27.5. The Morgan fingerprint density at radius 1 is 1.18 bits per heavy atom. The minimum absolute atomic E-state index is 0.126. The Morgan fingerprint density at radius 2 is 1.97 bits per heavy atom. The monoisotopic (exact) mass is 460 g/mol. The number of benzene rings is 2. The molecule has 3 aromatic rings. The van der Waals surface area contributed by atoms with Crippen molar-refractivity contribution in [2.45, 2.75) is 58.6 Å². The van der Waals surface area contributed by atoms with Crippen molar-refractivity contribution in [1.82, 2.24) is 5.16 Å². The summed E-state index contributed by atoms with van der Waals surface area (Å²) in [7, 11) is 0. The van der Waals surface area contributed by atoms with Crippen LogP contribution in [0.2, 0.25) is 0 Å². The van der Waals surface area contributed by atoms with Gasteiger partial charge in [-0.05, 0) is 68.4 Å². The smallest absolute Gasteiger partial charge is 0.310 e. The van der Waals surface area contributed by atoms with E-state index < -0.39 is 12.1 Å². The average molecular weight is 461 g/mol. The van der Waals surface area contributed by atoms with Crippen LogP contribution in [0.25, 0.3) is 11.1 Å². The molecule has 34 heavy (non-hydrogen) atoms. The molecule has 1 atom stereocenters. The first-order valence-corrected chi connectivity index (χ1v) is 11.7. The highest BCUT2D eigenvalue weighted by atomic mass is 16.5. The van der Waals surface area contributed by atoms with Gasteiger partial charge in [0.15, 0.2) is 6.10 Å². The van der Waals surface area contributed by atoms with Crippen molar-refractivity contribution in [3.8, 4) is 16.9 Å². The van der Waals surface area contributed by atoms with E-state index in [0.29, 0.717) is 29.7 Å². The number of ether oxygens (including phenoxy) is 2. The van der Waals surface area contributed by atoms with E-state index in [1.54, 1.807) is 11.8 Å². The molecule has 1 aliphatic carbocycles. The molecule has 0 N–H and O–H groups in total. The standard InChI is InChI=1S/C27H28N2O5/c1-4-32-25(30)14-24-27(31)29(15-20-7-5-6-8-21(20)18-9-10-18)22-13-19(11-12-23(22)33-24)26-16(2)28-34-17(26)3/h5-8,11-13,18,24H,4,9-10,14-15H2,1-3H3. The van der Waals surface area contributed by atoms with Crippen LogP contribution in [0.3, 0.4) is 0 Å². The lowest BCUT2D eigenvalue weighted by Crippen LogP contribution is -2.46. The molecule has 7 heteroatoms. The summed E-state index contributed by atoms with van der Waals surface area (Å²) in [5.41, 5.74) is 5.66. The van der Waals surface area contributed by atoms with E-state index >= 15 is 0 Å². The summed E-state index contributed by atoms with van der Waals surface area (Å²) in [6, 6.07) is 14.0. The fourth-order valence-electron chi connectivity index (χ4n) is 4.68. The fraction of sp³-hybridized carbons (Fsp3) is 0.370. The van der Waals surface area contributed by atoms with Crippen LogP contribution in [0, 0.1) is 13.8 Å². The van der Waals surface area contributed by atoms with Crippen molar-refractivity contribution in [3.05, 3.63) is 65.0 Å². The molecule has 176 valence electrons. The lowest BCUT2D eigenvalue weighted by Gasteiger charge is -2.35. The maximum Gasteiger partial charge on any atom is 0.310 e. The number of aryl methyl sites for hydroxylation is 2. The second kappa shape index (κ2) is 8.97. The topological polar surface area (TPSA) is 81.9 Å². The number of nitrogens with zero attached hydrogens (tertiary/aromatic N) is 2. The molecule has 1 fully saturated rings. The normalized spacial score (nSPS) is 17.3. The molecule has 2 aromatic carbocycles. The molecule has 1 unspecified atom stereocenters. The molecule has 0 spiro atoms. The summed E-state index contributed by atoms with van der Waals surface area (Å²) in [6.07, 6.45) is 1.29. The lowest BCUT2D eigenvalue weighted by atomic mass is 9.99. The predicted octanol–water partition coefficient (Wildman–Crippen LogP) is 5.08. The maximum atomic E-state index is 13.6. The van der Waals surface area contributed by atoms with Crippen molar-refractivity contribution in [2.75, 3.05) is 11.5 Å². The molecule has 1 saturated carbocycles. The zero-order valence-electron chi connectivity index (χ0n) is 19.7. The average Bonchev–Trinajstić information content (AvgIpc) is 3.61. The molecule has 1 aromatic heterocycles. The molecule has 0 saturated heterocycles. The molecule has 0 bridgehead atoms. The number of amides is 1. The van der Waals surface area contributed by atoms with Crippen LogP contribution in [0.5, 0.6) is 5.75 Å². The highest BCUT2D eigenvalue weighted by Crippen LogP contribution is 2.44. The van der Waals surface area contributed by atoms with Gasteiger partial charge in [-0.25, -0.2) is 0 Å². The van der Waals surface area contributed by atoms with Crippen molar-refractivity contribution >= 4 is 17.6 Å². The van der Waals surface area contributed by atoms with Crippen LogP contribution >= 0.6 is 0 Å². The molecule has 5 rings (SSSR count). The summed E-state index contributed by atoms with van der Waals surface area (Å²) < 4.78 is 16.5. The van der Waals surface area contributed by atoms with Crippen LogP contribution < -0.4 is 9.64 Å². The highest BCUT2D eigenvalue weighted by molar-refractivity contribution is 6.02. The highest BCUT2D eigenvalue weighted by Gasteiger charge is 2.37. The molecule has 2 heterocycles. The molecule has 1 aliphatic heterocycles. The predicted molar refractivity (Wildman–Crippen MR) is 127 cm³/mol. The third-order valence-electron chi connectivity index (χ3n) is 6.44. The third kappa shape index (κ3) is 4.18. The Labute approximate surface area is 198 Å². The van der Waals surface area contributed by atoms with Gasteiger partial charge in [0, 0.05) is 5.56 Å². The molecule has 7 nitrogen and oxygen atoms in total. The van der Waals surface area contributed by atoms with Gasteiger partial charge in [-0.1, -0.05) is 35.5 Å². The maximum absolute atomic E-state index is 13.6. The first-order chi connectivity index (χ1) is 16.5. The Morgan fingerprint density at radius 3 is 2.68 bits per heavy atom. The Balaban J connectivity index is 1.55. The minimum Gasteiger partial charge on any atom is -0.478 e. The van der Waals surface area contributed by atoms with Gasteiger partial charge in [-0.2, -0.15) is 0 Å². The van der Waals surface area contributed by atoms with Gasteiger partial charge in [0.2, 0.25) is 0 Å². The van der Waals surface area contributed by atoms with Crippen molar-refractivity contribution in [1.29, 1.82) is 0 Å². The minimum atomic E-state index is -0.926. The number of hydrogen-bond donors (Lipinski definition) is 0. The zero-order chi connectivity index (χ0) is 23.8. The largest absolute Gasteiger partial charge is 0.478 e. The van der Waals surface area contributed by atoms with E-state index in [2.05, 4.69) is 17.3 Å². The van der Waals surface area contributed by atoms with Crippen molar-refractivity contribution in [2.24, 2.45) is 0 Å². The van der Waals surface area contributed by atoms with Crippen molar-refractivity contribution in [3.63, 3.8) is 0 Å². The van der Waals surface area contributed by atoms with Gasteiger partial charge >= 0.3 is 5.97 Å². The second-order valence-corrected chi connectivity index (χ2v) is 8.89. The summed E-state index contributed by atoms with van der Waals surface area (Å²) in [5, 5.41) is 4.07. The number of anilines is 1. The number of aromatic nitrogens is 1. The number of carbonyl (C=O) groups excluding carboxylic acids is 2. The lowest BCUT2D eigenvalue weighted by molar-refractivity contribution is -0.147. The third-order valence-corrected chi connectivity index (χ3v) is 6.44. The van der Waals surface area contributed by atoms with Gasteiger partial charge in [-0.15, -0.1) is 0 Å².